The van der Waals surface area contributed by atoms with Crippen LogP contribution in [-0.4, -0.2) is 34.5 Å². The molecule has 0 heterocycles. The number of methoxy groups -OCH3 is 1. The van der Waals surface area contributed by atoms with Crippen LogP contribution < -0.4 is 0 Å². The van der Waals surface area contributed by atoms with Crippen molar-refractivity contribution in [3.05, 3.63) is 41.7 Å². The molecule has 0 saturated carbocycles. The number of phenols is 1. The minimum absolute atomic E-state index is 0.286. The first-order valence-electron chi connectivity index (χ1n) is 6.04. The fraction of sp³-hybridized carbons (Fsp3) is 0.357. The number of carbonyl (C=O) groups is 1. The summed E-state index contributed by atoms with van der Waals surface area (Å²) in [5, 5.41) is 27.6. The molecule has 1 aromatic rings. The summed E-state index contributed by atoms with van der Waals surface area (Å²) in [5.41, 5.74) is 0.286. The van der Waals surface area contributed by atoms with Crippen LogP contribution in [0.2, 0.25) is 0 Å². The minimum Gasteiger partial charge on any atom is -0.505 e. The van der Waals surface area contributed by atoms with E-state index < -0.39 is 29.7 Å². The van der Waals surface area contributed by atoms with Gasteiger partial charge in [0.2, 0.25) is 0 Å². The zero-order valence-corrected chi connectivity index (χ0v) is 11.0. The molecule has 1 rings (SSSR count). The molecule has 0 saturated heterocycles. The van der Waals surface area contributed by atoms with Crippen molar-refractivity contribution in [3.63, 3.8) is 0 Å². The number of carboxylic acid groups (broad SMARTS) is 1. The molecule has 0 spiro atoms. The Morgan fingerprint density at radius 2 is 2.20 bits per heavy atom. The Bertz CT molecular complexity index is 486. The molecule has 0 aliphatic heterocycles. The predicted octanol–water partition coefficient (Wildman–Crippen LogP) is 2.00. The van der Waals surface area contributed by atoms with E-state index in [4.69, 9.17) is 14.9 Å². The van der Waals surface area contributed by atoms with Crippen LogP contribution in [0, 0.1) is 5.82 Å². The maximum Gasteiger partial charge on any atom is 0.327 e. The summed E-state index contributed by atoms with van der Waals surface area (Å²) < 4.78 is 18.4. The summed E-state index contributed by atoms with van der Waals surface area (Å²) in [6.45, 7) is 0. The minimum atomic E-state index is -1.06. The number of aromatic hydroxyl groups is 1. The Morgan fingerprint density at radius 1 is 1.50 bits per heavy atom. The van der Waals surface area contributed by atoms with Crippen molar-refractivity contribution < 1.29 is 29.2 Å². The van der Waals surface area contributed by atoms with E-state index in [1.165, 1.54) is 19.3 Å². The second kappa shape index (κ2) is 7.62. The highest BCUT2D eigenvalue weighted by molar-refractivity contribution is 5.79. The number of rotatable bonds is 7. The van der Waals surface area contributed by atoms with E-state index in [0.717, 1.165) is 18.2 Å². The Kier molecular flexibility index (Phi) is 6.14. The van der Waals surface area contributed by atoms with Gasteiger partial charge in [0, 0.05) is 13.2 Å². The average Bonchev–Trinajstić information content (AvgIpc) is 2.41. The lowest BCUT2D eigenvalue weighted by atomic mass is 10.0. The number of aliphatic hydroxyl groups excluding tert-OH is 1. The second-order valence-electron chi connectivity index (χ2n) is 4.25. The van der Waals surface area contributed by atoms with E-state index in [9.17, 15) is 14.3 Å². The first-order chi connectivity index (χ1) is 9.45. The number of phenolic OH excluding ortho intramolecular Hbond substituents is 1. The van der Waals surface area contributed by atoms with Crippen molar-refractivity contribution in [1.82, 2.24) is 0 Å². The number of hydrogen-bond acceptors (Lipinski definition) is 4. The van der Waals surface area contributed by atoms with Gasteiger partial charge in [-0.2, -0.15) is 0 Å². The van der Waals surface area contributed by atoms with Crippen LogP contribution in [0.1, 0.15) is 24.5 Å². The summed E-state index contributed by atoms with van der Waals surface area (Å²) in [6.07, 6.45) is 1.59. The summed E-state index contributed by atoms with van der Waals surface area (Å²) in [6, 6.07) is 3.60. The predicted molar refractivity (Wildman–Crippen MR) is 69.8 cm³/mol. The summed E-state index contributed by atoms with van der Waals surface area (Å²) in [4.78, 5) is 10.3. The fourth-order valence-electron chi connectivity index (χ4n) is 1.77. The lowest BCUT2D eigenvalue weighted by Gasteiger charge is -2.21. The molecule has 0 unspecified atom stereocenters. The van der Waals surface area contributed by atoms with Crippen molar-refractivity contribution in [2.75, 3.05) is 7.11 Å². The zero-order chi connectivity index (χ0) is 15.1. The highest BCUT2D eigenvalue weighted by Gasteiger charge is 2.21. The van der Waals surface area contributed by atoms with Gasteiger partial charge >= 0.3 is 5.97 Å². The van der Waals surface area contributed by atoms with Gasteiger partial charge in [0.1, 0.15) is 6.10 Å². The number of aliphatic carboxylic acids is 1. The van der Waals surface area contributed by atoms with Crippen LogP contribution in [0.25, 0.3) is 0 Å². The number of allylic oxidation sites excluding steroid dienone is 1. The van der Waals surface area contributed by atoms with Crippen LogP contribution in [0.3, 0.4) is 0 Å². The quantitative estimate of drug-likeness (QED) is 0.667. The zero-order valence-electron chi connectivity index (χ0n) is 11.0. The van der Waals surface area contributed by atoms with Gasteiger partial charge in [-0.15, -0.1) is 0 Å². The van der Waals surface area contributed by atoms with Gasteiger partial charge in [0.05, 0.1) is 6.10 Å². The molecule has 5 nitrogen and oxygen atoms in total. The van der Waals surface area contributed by atoms with Crippen molar-refractivity contribution in [1.29, 1.82) is 0 Å². The van der Waals surface area contributed by atoms with Crippen LogP contribution in [0.15, 0.2) is 30.4 Å². The van der Waals surface area contributed by atoms with Crippen molar-refractivity contribution >= 4 is 5.97 Å². The number of halogens is 1. The molecular weight excluding hydrogens is 267 g/mol. The Hall–Kier alpha value is -1.92. The van der Waals surface area contributed by atoms with E-state index in [1.807, 2.05) is 0 Å². The van der Waals surface area contributed by atoms with Gasteiger partial charge in [-0.05, 0) is 30.5 Å². The molecule has 0 bridgehead atoms. The Balaban J connectivity index is 2.68. The molecule has 2 atom stereocenters. The number of hydrogen-bond donors (Lipinski definition) is 3. The van der Waals surface area contributed by atoms with Crippen LogP contribution in [0.4, 0.5) is 4.39 Å². The average molecular weight is 284 g/mol. The third-order valence-electron chi connectivity index (χ3n) is 2.85. The highest BCUT2D eigenvalue weighted by atomic mass is 19.1. The molecule has 1 aromatic carbocycles. The van der Waals surface area contributed by atoms with Gasteiger partial charge in [0.25, 0.3) is 0 Å². The largest absolute Gasteiger partial charge is 0.505 e. The van der Waals surface area contributed by atoms with E-state index >= 15 is 0 Å². The molecule has 110 valence electrons. The smallest absolute Gasteiger partial charge is 0.327 e. The maximum absolute atomic E-state index is 13.2. The Morgan fingerprint density at radius 3 is 2.75 bits per heavy atom. The summed E-state index contributed by atoms with van der Waals surface area (Å²) in [5.74, 6) is -2.35. The van der Waals surface area contributed by atoms with Crippen molar-refractivity contribution in [2.24, 2.45) is 0 Å². The molecule has 0 aliphatic carbocycles. The Labute approximate surface area is 115 Å². The second-order valence-corrected chi connectivity index (χ2v) is 4.25. The van der Waals surface area contributed by atoms with Gasteiger partial charge in [-0.3, -0.25) is 0 Å². The highest BCUT2D eigenvalue weighted by Crippen LogP contribution is 2.26. The van der Waals surface area contributed by atoms with Crippen LogP contribution in [0.5, 0.6) is 5.75 Å². The molecule has 0 aliphatic rings. The first kappa shape index (κ1) is 16.1. The molecule has 0 fully saturated rings. The fourth-order valence-corrected chi connectivity index (χ4v) is 1.77. The first-order valence-corrected chi connectivity index (χ1v) is 6.04. The summed E-state index contributed by atoms with van der Waals surface area (Å²) in [7, 11) is 1.41. The number of benzene rings is 1. The van der Waals surface area contributed by atoms with Gasteiger partial charge < -0.3 is 20.1 Å². The lowest BCUT2D eigenvalue weighted by Crippen LogP contribution is -2.20. The molecule has 3 N–H and O–H groups in total. The van der Waals surface area contributed by atoms with Gasteiger partial charge in [-0.1, -0.05) is 12.1 Å². The number of ether oxygens (including phenoxy) is 1. The van der Waals surface area contributed by atoms with E-state index in [1.54, 1.807) is 0 Å². The topological polar surface area (TPSA) is 87.0 Å². The third-order valence-corrected chi connectivity index (χ3v) is 2.85. The lowest BCUT2D eigenvalue weighted by molar-refractivity contribution is -0.131. The van der Waals surface area contributed by atoms with Crippen molar-refractivity contribution in [2.45, 2.75) is 25.0 Å². The monoisotopic (exact) mass is 284 g/mol. The standard InChI is InChI=1S/C14H17FO5/c1-20-12(4-2-3-5-13(17)18)14(19)9-6-7-11(16)10(15)8-9/h3,5-8,12,14,16,19H,2,4H2,1H3,(H,17,18)/b5-3+/t12-,14-/m0/s1. The third kappa shape index (κ3) is 4.64. The number of carboxylic acids is 1. The van der Waals surface area contributed by atoms with E-state index in [0.29, 0.717) is 12.8 Å². The maximum atomic E-state index is 13.2. The van der Waals surface area contributed by atoms with E-state index in [-0.39, 0.29) is 5.56 Å². The SMILES string of the molecule is CO[C@@H](CC/C=C/C(=O)O)[C@@H](O)c1ccc(O)c(F)c1. The normalized spacial score (nSPS) is 14.3. The van der Waals surface area contributed by atoms with E-state index in [2.05, 4.69) is 0 Å². The van der Waals surface area contributed by atoms with Crippen LogP contribution in [-0.2, 0) is 9.53 Å². The molecule has 0 aromatic heterocycles. The van der Waals surface area contributed by atoms with Gasteiger partial charge in [-0.25, -0.2) is 9.18 Å². The summed E-state index contributed by atoms with van der Waals surface area (Å²) >= 11 is 0. The molecule has 0 amide bonds. The molecule has 0 radical (unpaired) electrons. The van der Waals surface area contributed by atoms with Crippen molar-refractivity contribution in [3.8, 4) is 5.75 Å². The number of aliphatic hydroxyl groups is 1. The molecule has 6 heteroatoms. The van der Waals surface area contributed by atoms with Crippen LogP contribution >= 0.6 is 0 Å². The molecular formula is C14H17FO5. The molecule has 20 heavy (non-hydrogen) atoms. The van der Waals surface area contributed by atoms with Gasteiger partial charge in [0.15, 0.2) is 11.6 Å².